The van der Waals surface area contributed by atoms with Crippen LogP contribution in [-0.2, 0) is 9.59 Å². The first-order valence-corrected chi connectivity index (χ1v) is 9.82. The van der Waals surface area contributed by atoms with Crippen molar-refractivity contribution in [3.05, 3.63) is 53.6 Å². The van der Waals surface area contributed by atoms with Gasteiger partial charge in [-0.2, -0.15) is 0 Å². The fourth-order valence-electron chi connectivity index (χ4n) is 2.88. The van der Waals surface area contributed by atoms with Gasteiger partial charge in [-0.3, -0.25) is 19.8 Å². The highest BCUT2D eigenvalue weighted by Crippen LogP contribution is 2.42. The topological polar surface area (TPSA) is 97.0 Å². The summed E-state index contributed by atoms with van der Waals surface area (Å²) >= 11 is 1.39. The molecule has 1 saturated heterocycles. The second kappa shape index (κ2) is 8.87. The molecule has 0 saturated carbocycles. The molecule has 0 aromatic heterocycles. The molecule has 1 heterocycles. The molecular formula is C20H21N3O5S. The highest BCUT2D eigenvalue weighted by atomic mass is 32.2. The highest BCUT2D eigenvalue weighted by molar-refractivity contribution is 8.00. The lowest BCUT2D eigenvalue weighted by Crippen LogP contribution is -2.44. The van der Waals surface area contributed by atoms with Crippen LogP contribution < -0.4 is 20.2 Å². The molecule has 1 fully saturated rings. The number of carbonyl (C=O) groups is 3. The van der Waals surface area contributed by atoms with Gasteiger partial charge >= 0.3 is 0 Å². The van der Waals surface area contributed by atoms with Crippen molar-refractivity contribution in [2.75, 3.05) is 25.3 Å². The molecule has 152 valence electrons. The van der Waals surface area contributed by atoms with Crippen LogP contribution in [0.1, 0.15) is 28.2 Å². The number of nitrogens with one attached hydrogen (secondary N) is 2. The fourth-order valence-corrected chi connectivity index (χ4v) is 4.01. The highest BCUT2D eigenvalue weighted by Gasteiger charge is 2.36. The van der Waals surface area contributed by atoms with Gasteiger partial charge in [-0.15, -0.1) is 11.8 Å². The number of methoxy groups -OCH3 is 2. The third-order valence-electron chi connectivity index (χ3n) is 4.26. The quantitative estimate of drug-likeness (QED) is 0.753. The molecule has 2 aromatic carbocycles. The van der Waals surface area contributed by atoms with Crippen LogP contribution in [0, 0.1) is 0 Å². The smallest absolute Gasteiger partial charge is 0.269 e. The Balaban J connectivity index is 1.79. The van der Waals surface area contributed by atoms with Crippen LogP contribution >= 0.6 is 11.8 Å². The van der Waals surface area contributed by atoms with E-state index in [-0.39, 0.29) is 17.6 Å². The van der Waals surface area contributed by atoms with E-state index in [0.29, 0.717) is 22.7 Å². The van der Waals surface area contributed by atoms with E-state index in [1.165, 1.54) is 23.7 Å². The van der Waals surface area contributed by atoms with Crippen molar-refractivity contribution in [2.45, 2.75) is 12.3 Å². The normalized spacial score (nSPS) is 15.8. The number of amides is 3. The Hall–Kier alpha value is -3.20. The maximum Gasteiger partial charge on any atom is 0.269 e. The Kier molecular flexibility index (Phi) is 6.28. The molecule has 0 unspecified atom stereocenters. The summed E-state index contributed by atoms with van der Waals surface area (Å²) in [7, 11) is 3.10. The van der Waals surface area contributed by atoms with Gasteiger partial charge in [0.25, 0.3) is 11.8 Å². The Bertz CT molecular complexity index is 932. The summed E-state index contributed by atoms with van der Waals surface area (Å²) in [5.41, 5.74) is 4.39. The first kappa shape index (κ1) is 20.5. The van der Waals surface area contributed by atoms with Crippen LogP contribution in [0.25, 0.3) is 0 Å². The molecule has 0 aliphatic carbocycles. The van der Waals surface area contributed by atoms with Crippen LogP contribution in [0.4, 0.5) is 5.69 Å². The number of rotatable bonds is 6. The lowest BCUT2D eigenvalue weighted by Gasteiger charge is -2.26. The maximum absolute atomic E-state index is 12.7. The predicted molar refractivity (Wildman–Crippen MR) is 110 cm³/mol. The van der Waals surface area contributed by atoms with E-state index >= 15 is 0 Å². The van der Waals surface area contributed by atoms with E-state index < -0.39 is 11.3 Å². The summed E-state index contributed by atoms with van der Waals surface area (Å²) in [6.45, 7) is 1.41. The van der Waals surface area contributed by atoms with Crippen molar-refractivity contribution in [1.82, 2.24) is 10.4 Å². The van der Waals surface area contributed by atoms with Crippen molar-refractivity contribution < 1.29 is 23.9 Å². The van der Waals surface area contributed by atoms with Gasteiger partial charge in [-0.1, -0.05) is 0 Å². The molecule has 2 aromatic rings. The van der Waals surface area contributed by atoms with Crippen molar-refractivity contribution in [1.29, 1.82) is 0 Å². The van der Waals surface area contributed by atoms with E-state index in [1.807, 2.05) is 6.07 Å². The number of nitrogens with zero attached hydrogens (tertiary/aromatic N) is 1. The van der Waals surface area contributed by atoms with Gasteiger partial charge in [-0.05, 0) is 36.4 Å². The Labute approximate surface area is 172 Å². The molecule has 2 N–H and O–H groups in total. The first-order valence-electron chi connectivity index (χ1n) is 8.77. The monoisotopic (exact) mass is 415 g/mol. The summed E-state index contributed by atoms with van der Waals surface area (Å²) in [6.07, 6.45) is 0. The zero-order valence-electron chi connectivity index (χ0n) is 16.2. The summed E-state index contributed by atoms with van der Waals surface area (Å²) in [6, 6.07) is 11.7. The number of carbonyl (C=O) groups excluding carboxylic acids is 3. The molecule has 1 aliphatic rings. The number of ether oxygens (including phenoxy) is 2. The molecule has 3 rings (SSSR count). The predicted octanol–water partition coefficient (Wildman–Crippen LogP) is 2.58. The van der Waals surface area contributed by atoms with Crippen LogP contribution in [0.2, 0.25) is 0 Å². The molecule has 0 bridgehead atoms. The van der Waals surface area contributed by atoms with Gasteiger partial charge in [0.2, 0.25) is 5.91 Å². The van der Waals surface area contributed by atoms with Crippen molar-refractivity contribution in [3.8, 4) is 11.5 Å². The number of thioether (sulfide) groups is 1. The third-order valence-corrected chi connectivity index (χ3v) is 5.46. The summed E-state index contributed by atoms with van der Waals surface area (Å²) in [5, 5.41) is 3.53. The van der Waals surface area contributed by atoms with Crippen molar-refractivity contribution in [2.24, 2.45) is 0 Å². The summed E-state index contributed by atoms with van der Waals surface area (Å²) in [5.74, 6) is 0.610. The van der Waals surface area contributed by atoms with Crippen LogP contribution in [-0.4, -0.2) is 42.7 Å². The molecule has 3 amide bonds. The Morgan fingerprint density at radius 3 is 2.45 bits per heavy atom. The van der Waals surface area contributed by atoms with Crippen LogP contribution in [0.5, 0.6) is 11.5 Å². The number of hydrogen-bond acceptors (Lipinski definition) is 6. The minimum atomic E-state index is -0.425. The molecule has 0 radical (unpaired) electrons. The lowest BCUT2D eigenvalue weighted by atomic mass is 10.1. The van der Waals surface area contributed by atoms with Gasteiger partial charge in [-0.25, -0.2) is 5.01 Å². The van der Waals surface area contributed by atoms with Crippen LogP contribution in [0.3, 0.4) is 0 Å². The molecule has 0 spiro atoms. The zero-order valence-corrected chi connectivity index (χ0v) is 17.0. The van der Waals surface area contributed by atoms with Crippen LogP contribution in [0.15, 0.2) is 42.5 Å². The standard InChI is InChI=1S/C20H21N3O5S/c1-12(24)21-14-6-4-13(5-7-14)19(26)22-23-18(25)11-29-20(23)16-9-8-15(27-2)10-17(16)28-3/h4-10,20H,11H2,1-3H3,(H,21,24)(H,22,26)/t20-/m0/s1. The van der Waals surface area contributed by atoms with E-state index in [2.05, 4.69) is 10.7 Å². The molecular weight excluding hydrogens is 394 g/mol. The second-order valence-corrected chi connectivity index (χ2v) is 7.30. The van der Waals surface area contributed by atoms with Gasteiger partial charge in [0.15, 0.2) is 0 Å². The lowest BCUT2D eigenvalue weighted by molar-refractivity contribution is -0.130. The van der Waals surface area contributed by atoms with E-state index in [9.17, 15) is 14.4 Å². The maximum atomic E-state index is 12.7. The number of anilines is 1. The van der Waals surface area contributed by atoms with E-state index in [0.717, 1.165) is 5.56 Å². The summed E-state index contributed by atoms with van der Waals surface area (Å²) < 4.78 is 10.7. The molecule has 29 heavy (non-hydrogen) atoms. The Morgan fingerprint density at radius 1 is 1.10 bits per heavy atom. The van der Waals surface area contributed by atoms with Crippen molar-refractivity contribution in [3.63, 3.8) is 0 Å². The number of hydrazine groups is 1. The van der Waals surface area contributed by atoms with Gasteiger partial charge in [0.1, 0.15) is 16.9 Å². The third kappa shape index (κ3) is 4.62. The minimum Gasteiger partial charge on any atom is -0.497 e. The van der Waals surface area contributed by atoms with E-state index in [1.54, 1.807) is 50.6 Å². The van der Waals surface area contributed by atoms with Gasteiger partial charge in [0.05, 0.1) is 20.0 Å². The number of hydrogen-bond donors (Lipinski definition) is 2. The SMILES string of the molecule is COc1ccc([C@@H]2SCC(=O)N2NC(=O)c2ccc(NC(C)=O)cc2)c(OC)c1. The largest absolute Gasteiger partial charge is 0.497 e. The molecule has 1 aliphatic heterocycles. The van der Waals surface area contributed by atoms with Crippen molar-refractivity contribution >= 4 is 35.2 Å². The summed E-state index contributed by atoms with van der Waals surface area (Å²) in [4.78, 5) is 36.2. The average molecular weight is 415 g/mol. The second-order valence-electron chi connectivity index (χ2n) is 6.23. The fraction of sp³-hybridized carbons (Fsp3) is 0.250. The molecule has 1 atom stereocenters. The molecule has 8 nitrogen and oxygen atoms in total. The van der Waals surface area contributed by atoms with Gasteiger partial charge < -0.3 is 14.8 Å². The minimum absolute atomic E-state index is 0.196. The van der Waals surface area contributed by atoms with Gasteiger partial charge in [0, 0.05) is 29.8 Å². The first-order chi connectivity index (χ1) is 13.9. The van der Waals surface area contributed by atoms with E-state index in [4.69, 9.17) is 9.47 Å². The number of benzene rings is 2. The Morgan fingerprint density at radius 2 is 1.83 bits per heavy atom. The average Bonchev–Trinajstić information content (AvgIpc) is 3.07. The zero-order chi connectivity index (χ0) is 21.0. The molecule has 9 heteroatoms.